The summed E-state index contributed by atoms with van der Waals surface area (Å²) >= 11 is 0. The molecule has 1 amide bonds. The van der Waals surface area contributed by atoms with E-state index in [1.165, 1.54) is 0 Å². The highest BCUT2D eigenvalue weighted by Gasteiger charge is 2.18. The summed E-state index contributed by atoms with van der Waals surface area (Å²) in [6.07, 6.45) is 1.21. The van der Waals surface area contributed by atoms with Gasteiger partial charge in [0.2, 0.25) is 5.91 Å². The molecule has 106 valence electrons. The number of anilines is 1. The van der Waals surface area contributed by atoms with Crippen LogP contribution in [0.4, 0.5) is 5.69 Å². The molecule has 0 aliphatic carbocycles. The Morgan fingerprint density at radius 2 is 1.95 bits per heavy atom. The summed E-state index contributed by atoms with van der Waals surface area (Å²) in [7, 11) is 0. The number of hydrogen-bond donors (Lipinski definition) is 2. The molecule has 1 aromatic carbocycles. The number of rotatable bonds is 4. The molecule has 0 spiro atoms. The topological polar surface area (TPSA) is 55.1 Å². The van der Waals surface area contributed by atoms with Crippen LogP contribution in [0.1, 0.15) is 44.7 Å². The van der Waals surface area contributed by atoms with E-state index in [0.29, 0.717) is 6.42 Å². The zero-order valence-electron chi connectivity index (χ0n) is 12.7. The zero-order chi connectivity index (χ0) is 14.6. The second-order valence-electron chi connectivity index (χ2n) is 6.60. The van der Waals surface area contributed by atoms with E-state index in [1.807, 2.05) is 32.0 Å². The smallest absolute Gasteiger partial charge is 0.225 e. The van der Waals surface area contributed by atoms with E-state index in [2.05, 4.69) is 26.1 Å². The van der Waals surface area contributed by atoms with Crippen LogP contribution >= 0.6 is 0 Å². The highest BCUT2D eigenvalue weighted by atomic mass is 16.1. The Hall–Kier alpha value is -1.35. The van der Waals surface area contributed by atoms with Crippen molar-refractivity contribution in [2.45, 2.75) is 53.5 Å². The van der Waals surface area contributed by atoms with Crippen LogP contribution in [0, 0.1) is 19.3 Å². The summed E-state index contributed by atoms with van der Waals surface area (Å²) in [4.78, 5) is 12.0. The maximum absolute atomic E-state index is 12.0. The van der Waals surface area contributed by atoms with Crippen LogP contribution in [0.15, 0.2) is 18.2 Å². The fourth-order valence-corrected chi connectivity index (χ4v) is 2.17. The van der Waals surface area contributed by atoms with E-state index >= 15 is 0 Å². The average molecular weight is 262 g/mol. The Morgan fingerprint density at radius 1 is 1.32 bits per heavy atom. The van der Waals surface area contributed by atoms with E-state index in [9.17, 15) is 4.79 Å². The van der Waals surface area contributed by atoms with Crippen molar-refractivity contribution in [1.82, 2.24) is 0 Å². The first-order valence-corrected chi connectivity index (χ1v) is 6.80. The van der Waals surface area contributed by atoms with Crippen molar-refractivity contribution < 1.29 is 4.79 Å². The lowest BCUT2D eigenvalue weighted by Gasteiger charge is -2.22. The molecular formula is C16H26N2O. The van der Waals surface area contributed by atoms with Gasteiger partial charge in [-0.25, -0.2) is 0 Å². The van der Waals surface area contributed by atoms with Crippen molar-refractivity contribution in [2.75, 3.05) is 5.32 Å². The minimum Gasteiger partial charge on any atom is -0.327 e. The van der Waals surface area contributed by atoms with Crippen LogP contribution in [-0.2, 0) is 4.79 Å². The largest absolute Gasteiger partial charge is 0.327 e. The number of hydrogen-bond acceptors (Lipinski definition) is 2. The van der Waals surface area contributed by atoms with Gasteiger partial charge in [-0.3, -0.25) is 4.79 Å². The molecule has 3 N–H and O–H groups in total. The Kier molecular flexibility index (Phi) is 5.12. The average Bonchev–Trinajstić information content (AvgIpc) is 2.20. The lowest BCUT2D eigenvalue weighted by Crippen LogP contribution is -2.31. The van der Waals surface area contributed by atoms with Gasteiger partial charge in [-0.05, 0) is 42.9 Å². The Morgan fingerprint density at radius 3 is 2.53 bits per heavy atom. The molecule has 0 saturated heterocycles. The summed E-state index contributed by atoms with van der Waals surface area (Å²) in [6.45, 7) is 10.4. The molecular weight excluding hydrogens is 236 g/mol. The van der Waals surface area contributed by atoms with Gasteiger partial charge in [-0.2, -0.15) is 0 Å². The summed E-state index contributed by atoms with van der Waals surface area (Å²) in [5.41, 5.74) is 9.27. The summed E-state index contributed by atoms with van der Waals surface area (Å²) < 4.78 is 0. The molecule has 1 aromatic rings. The van der Waals surface area contributed by atoms with Crippen molar-refractivity contribution in [3.63, 3.8) is 0 Å². The quantitative estimate of drug-likeness (QED) is 0.873. The fourth-order valence-electron chi connectivity index (χ4n) is 2.17. The third kappa shape index (κ3) is 5.88. The van der Waals surface area contributed by atoms with Crippen LogP contribution in [0.25, 0.3) is 0 Å². The number of nitrogens with two attached hydrogens (primary N) is 1. The number of aryl methyl sites for hydroxylation is 2. The van der Waals surface area contributed by atoms with Crippen molar-refractivity contribution in [2.24, 2.45) is 11.1 Å². The van der Waals surface area contributed by atoms with Crippen molar-refractivity contribution in [3.05, 3.63) is 29.3 Å². The highest BCUT2D eigenvalue weighted by molar-refractivity contribution is 5.91. The van der Waals surface area contributed by atoms with Gasteiger partial charge >= 0.3 is 0 Å². The van der Waals surface area contributed by atoms with E-state index in [4.69, 9.17) is 5.73 Å². The lowest BCUT2D eigenvalue weighted by atomic mass is 9.87. The van der Waals surface area contributed by atoms with Crippen molar-refractivity contribution in [3.8, 4) is 0 Å². The molecule has 0 heterocycles. The molecule has 3 nitrogen and oxygen atoms in total. The van der Waals surface area contributed by atoms with Gasteiger partial charge < -0.3 is 11.1 Å². The van der Waals surface area contributed by atoms with Gasteiger partial charge in [0.25, 0.3) is 0 Å². The molecule has 1 atom stereocenters. The van der Waals surface area contributed by atoms with Crippen molar-refractivity contribution in [1.29, 1.82) is 0 Å². The van der Waals surface area contributed by atoms with Gasteiger partial charge in [0.1, 0.15) is 0 Å². The normalized spacial score (nSPS) is 13.2. The Bertz CT molecular complexity index is 447. The molecule has 0 aliphatic rings. The first-order valence-electron chi connectivity index (χ1n) is 6.80. The van der Waals surface area contributed by atoms with Crippen LogP contribution in [0.2, 0.25) is 0 Å². The molecule has 0 fully saturated rings. The van der Waals surface area contributed by atoms with Crippen LogP contribution in [0.5, 0.6) is 0 Å². The number of amides is 1. The minimum absolute atomic E-state index is 0.00884. The molecule has 1 rings (SSSR count). The van der Waals surface area contributed by atoms with Gasteiger partial charge in [0.05, 0.1) is 0 Å². The van der Waals surface area contributed by atoms with Crippen LogP contribution in [0.3, 0.4) is 0 Å². The first kappa shape index (κ1) is 15.7. The molecule has 3 heteroatoms. The van der Waals surface area contributed by atoms with Gasteiger partial charge in [-0.1, -0.05) is 32.9 Å². The molecule has 0 aliphatic heterocycles. The molecule has 1 unspecified atom stereocenters. The zero-order valence-corrected chi connectivity index (χ0v) is 12.7. The van der Waals surface area contributed by atoms with Crippen molar-refractivity contribution >= 4 is 11.6 Å². The predicted molar refractivity (Wildman–Crippen MR) is 81.2 cm³/mol. The minimum atomic E-state index is -0.0925. The van der Waals surface area contributed by atoms with Crippen LogP contribution < -0.4 is 11.1 Å². The van der Waals surface area contributed by atoms with Gasteiger partial charge in [-0.15, -0.1) is 0 Å². The maximum Gasteiger partial charge on any atom is 0.225 e. The molecule has 0 bridgehead atoms. The third-order valence-electron chi connectivity index (χ3n) is 2.99. The number of carbonyl (C=O) groups excluding carboxylic acids is 1. The van der Waals surface area contributed by atoms with E-state index < -0.39 is 0 Å². The molecule has 0 radical (unpaired) electrons. The standard InChI is InChI=1S/C16H26N2O/c1-11-6-7-12(2)14(8-11)18-15(19)9-13(17)10-16(3,4)5/h6-8,13H,9-10,17H2,1-5H3,(H,18,19). The van der Waals surface area contributed by atoms with Gasteiger partial charge in [0.15, 0.2) is 0 Å². The Balaban J connectivity index is 2.58. The SMILES string of the molecule is Cc1ccc(C)c(NC(=O)CC(N)CC(C)(C)C)c1. The lowest BCUT2D eigenvalue weighted by molar-refractivity contribution is -0.116. The fraction of sp³-hybridized carbons (Fsp3) is 0.562. The summed E-state index contributed by atoms with van der Waals surface area (Å²) in [5, 5.41) is 2.95. The number of nitrogens with one attached hydrogen (secondary N) is 1. The molecule has 0 saturated carbocycles. The first-order chi connectivity index (χ1) is 8.67. The second-order valence-corrected chi connectivity index (χ2v) is 6.60. The molecule has 0 aromatic heterocycles. The van der Waals surface area contributed by atoms with E-state index in [1.54, 1.807) is 0 Å². The Labute approximate surface area is 116 Å². The summed E-state index contributed by atoms with van der Waals surface area (Å²) in [6, 6.07) is 5.95. The van der Waals surface area contributed by atoms with E-state index in [0.717, 1.165) is 23.2 Å². The summed E-state index contributed by atoms with van der Waals surface area (Å²) in [5.74, 6) is -0.00884. The predicted octanol–water partition coefficient (Wildman–Crippen LogP) is 3.40. The maximum atomic E-state index is 12.0. The highest BCUT2D eigenvalue weighted by Crippen LogP contribution is 2.22. The third-order valence-corrected chi connectivity index (χ3v) is 2.99. The second kappa shape index (κ2) is 6.20. The van der Waals surface area contributed by atoms with E-state index in [-0.39, 0.29) is 17.4 Å². The van der Waals surface area contributed by atoms with Crippen LogP contribution in [-0.4, -0.2) is 11.9 Å². The van der Waals surface area contributed by atoms with Gasteiger partial charge in [0, 0.05) is 18.2 Å². The number of benzene rings is 1. The molecule has 19 heavy (non-hydrogen) atoms. The number of carbonyl (C=O) groups is 1. The monoisotopic (exact) mass is 262 g/mol.